The molecule has 0 aliphatic heterocycles. The molecule has 90 valence electrons. The summed E-state index contributed by atoms with van der Waals surface area (Å²) in [6.45, 7) is 4.06. The maximum atomic E-state index is 14.0. The summed E-state index contributed by atoms with van der Waals surface area (Å²) in [5, 5.41) is 3.83. The van der Waals surface area contributed by atoms with Crippen LogP contribution in [0, 0.1) is 19.7 Å². The lowest BCUT2D eigenvalue weighted by atomic mass is 9.98. The fraction of sp³-hybridized carbons (Fsp3) is 0.125. The number of hydrogen-bond donors (Lipinski definition) is 0. The van der Waals surface area contributed by atoms with Crippen molar-refractivity contribution in [1.29, 1.82) is 0 Å². The minimum absolute atomic E-state index is 0.139. The van der Waals surface area contributed by atoms with Crippen molar-refractivity contribution in [1.82, 2.24) is 0 Å². The second-order valence-corrected chi connectivity index (χ2v) is 5.50. The van der Waals surface area contributed by atoms with Gasteiger partial charge in [0.25, 0.3) is 0 Å². The van der Waals surface area contributed by atoms with Crippen LogP contribution in [0.5, 0.6) is 0 Å². The molecule has 2 aromatic carbocycles. The van der Waals surface area contributed by atoms with Crippen LogP contribution in [0.25, 0.3) is 21.2 Å². The van der Waals surface area contributed by atoms with Crippen molar-refractivity contribution in [3.63, 3.8) is 0 Å². The normalized spacial score (nSPS) is 11.1. The molecule has 0 atom stereocenters. The molecule has 3 aromatic rings. The minimum atomic E-state index is -0.139. The molecule has 0 saturated carbocycles. The molecular formula is C16H13FS. The summed E-state index contributed by atoms with van der Waals surface area (Å²) in [4.78, 5) is 1.21. The SMILES string of the molecule is Cc1csc(-c2c(C)cc(F)c3ccccc23)c1. The molecule has 0 aliphatic carbocycles. The first kappa shape index (κ1) is 11.4. The van der Waals surface area contributed by atoms with Crippen molar-refractivity contribution in [2.24, 2.45) is 0 Å². The standard InChI is InChI=1S/C16H13FS/c1-10-7-15(18-9-10)16-11(2)8-14(17)12-5-3-4-6-13(12)16/h3-9H,1-2H3. The molecule has 0 spiro atoms. The third kappa shape index (κ3) is 1.73. The third-order valence-corrected chi connectivity index (χ3v) is 4.23. The maximum Gasteiger partial charge on any atom is 0.131 e. The van der Waals surface area contributed by atoms with Crippen LogP contribution in [-0.2, 0) is 0 Å². The van der Waals surface area contributed by atoms with E-state index in [-0.39, 0.29) is 5.82 Å². The van der Waals surface area contributed by atoms with Gasteiger partial charge in [0.15, 0.2) is 0 Å². The fourth-order valence-corrected chi connectivity index (χ4v) is 3.37. The van der Waals surface area contributed by atoms with Crippen LogP contribution in [0.4, 0.5) is 4.39 Å². The maximum absolute atomic E-state index is 14.0. The molecule has 1 aromatic heterocycles. The van der Waals surface area contributed by atoms with Gasteiger partial charge in [0.2, 0.25) is 0 Å². The van der Waals surface area contributed by atoms with Gasteiger partial charge in [-0.3, -0.25) is 0 Å². The topological polar surface area (TPSA) is 0 Å². The van der Waals surface area contributed by atoms with Crippen LogP contribution in [0.3, 0.4) is 0 Å². The number of fused-ring (bicyclic) bond motifs is 1. The van der Waals surface area contributed by atoms with Crippen LogP contribution in [0.1, 0.15) is 11.1 Å². The van der Waals surface area contributed by atoms with E-state index in [4.69, 9.17) is 0 Å². The molecule has 0 amide bonds. The Morgan fingerprint density at radius 1 is 1.00 bits per heavy atom. The molecule has 0 radical (unpaired) electrons. The molecule has 0 N–H and O–H groups in total. The first-order valence-electron chi connectivity index (χ1n) is 5.90. The van der Waals surface area contributed by atoms with E-state index < -0.39 is 0 Å². The summed E-state index contributed by atoms with van der Waals surface area (Å²) in [6.07, 6.45) is 0. The van der Waals surface area contributed by atoms with Gasteiger partial charge in [-0.15, -0.1) is 11.3 Å². The van der Waals surface area contributed by atoms with Crippen molar-refractivity contribution < 1.29 is 4.39 Å². The number of rotatable bonds is 1. The summed E-state index contributed by atoms with van der Waals surface area (Å²) in [5.41, 5.74) is 3.40. The van der Waals surface area contributed by atoms with Crippen LogP contribution in [0.2, 0.25) is 0 Å². The zero-order valence-corrected chi connectivity index (χ0v) is 11.1. The molecule has 0 aliphatic rings. The predicted octanol–water partition coefficient (Wildman–Crippen LogP) is 5.32. The van der Waals surface area contributed by atoms with Gasteiger partial charge < -0.3 is 0 Å². The van der Waals surface area contributed by atoms with Gasteiger partial charge in [0.1, 0.15) is 5.82 Å². The Morgan fingerprint density at radius 2 is 1.72 bits per heavy atom. The van der Waals surface area contributed by atoms with E-state index in [0.29, 0.717) is 5.39 Å². The van der Waals surface area contributed by atoms with Crippen LogP contribution >= 0.6 is 11.3 Å². The Labute approximate surface area is 110 Å². The van der Waals surface area contributed by atoms with E-state index in [1.807, 2.05) is 31.2 Å². The quantitative estimate of drug-likeness (QED) is 0.552. The predicted molar refractivity (Wildman–Crippen MR) is 76.7 cm³/mol. The molecular weight excluding hydrogens is 243 g/mol. The summed E-state index contributed by atoms with van der Waals surface area (Å²) in [6, 6.07) is 11.5. The number of halogens is 1. The molecule has 0 saturated heterocycles. The van der Waals surface area contributed by atoms with E-state index in [1.165, 1.54) is 10.4 Å². The second-order valence-electron chi connectivity index (χ2n) is 4.58. The van der Waals surface area contributed by atoms with Crippen molar-refractivity contribution >= 4 is 22.1 Å². The van der Waals surface area contributed by atoms with E-state index in [0.717, 1.165) is 16.5 Å². The van der Waals surface area contributed by atoms with Gasteiger partial charge in [0, 0.05) is 15.8 Å². The molecule has 0 bridgehead atoms. The molecule has 0 fully saturated rings. The number of benzene rings is 2. The van der Waals surface area contributed by atoms with E-state index >= 15 is 0 Å². The molecule has 18 heavy (non-hydrogen) atoms. The highest BCUT2D eigenvalue weighted by molar-refractivity contribution is 7.13. The second kappa shape index (κ2) is 4.21. The summed E-state index contributed by atoms with van der Waals surface area (Å²) < 4.78 is 14.0. The Bertz CT molecular complexity index is 725. The summed E-state index contributed by atoms with van der Waals surface area (Å²) >= 11 is 1.72. The van der Waals surface area contributed by atoms with Crippen LogP contribution in [0.15, 0.2) is 41.8 Å². The number of hydrogen-bond acceptors (Lipinski definition) is 1. The van der Waals surface area contributed by atoms with Gasteiger partial charge in [0.05, 0.1) is 0 Å². The highest BCUT2D eigenvalue weighted by Gasteiger charge is 2.12. The fourth-order valence-electron chi connectivity index (χ4n) is 2.35. The van der Waals surface area contributed by atoms with Crippen molar-refractivity contribution in [2.45, 2.75) is 13.8 Å². The molecule has 3 rings (SSSR count). The average molecular weight is 256 g/mol. The lowest BCUT2D eigenvalue weighted by Crippen LogP contribution is -1.88. The van der Waals surface area contributed by atoms with Gasteiger partial charge in [-0.1, -0.05) is 24.3 Å². The van der Waals surface area contributed by atoms with Gasteiger partial charge in [-0.25, -0.2) is 4.39 Å². The van der Waals surface area contributed by atoms with Gasteiger partial charge >= 0.3 is 0 Å². The lowest BCUT2D eigenvalue weighted by Gasteiger charge is -2.09. The zero-order chi connectivity index (χ0) is 12.7. The summed E-state index contributed by atoms with van der Waals surface area (Å²) in [7, 11) is 0. The zero-order valence-electron chi connectivity index (χ0n) is 10.3. The highest BCUT2D eigenvalue weighted by Crippen LogP contribution is 2.36. The number of aryl methyl sites for hydroxylation is 2. The third-order valence-electron chi connectivity index (χ3n) is 3.17. The van der Waals surface area contributed by atoms with Crippen molar-refractivity contribution in [2.75, 3.05) is 0 Å². The van der Waals surface area contributed by atoms with Crippen molar-refractivity contribution in [3.05, 3.63) is 58.7 Å². The average Bonchev–Trinajstić information content (AvgIpc) is 2.76. The van der Waals surface area contributed by atoms with Crippen LogP contribution < -0.4 is 0 Å². The van der Waals surface area contributed by atoms with Crippen molar-refractivity contribution in [3.8, 4) is 10.4 Å². The molecule has 0 unspecified atom stereocenters. The van der Waals surface area contributed by atoms with Gasteiger partial charge in [-0.2, -0.15) is 0 Å². The number of thiophene rings is 1. The van der Waals surface area contributed by atoms with E-state index in [9.17, 15) is 4.39 Å². The highest BCUT2D eigenvalue weighted by atomic mass is 32.1. The monoisotopic (exact) mass is 256 g/mol. The Hall–Kier alpha value is -1.67. The van der Waals surface area contributed by atoms with E-state index in [2.05, 4.69) is 18.4 Å². The minimum Gasteiger partial charge on any atom is -0.206 e. The summed E-state index contributed by atoms with van der Waals surface area (Å²) in [5.74, 6) is -0.139. The van der Waals surface area contributed by atoms with Gasteiger partial charge in [-0.05, 0) is 47.9 Å². The molecule has 1 heterocycles. The Kier molecular flexibility index (Phi) is 2.67. The van der Waals surface area contributed by atoms with Crippen LogP contribution in [-0.4, -0.2) is 0 Å². The smallest absolute Gasteiger partial charge is 0.131 e. The lowest BCUT2D eigenvalue weighted by molar-refractivity contribution is 0.639. The molecule has 0 nitrogen and oxygen atoms in total. The molecule has 2 heteroatoms. The first-order chi connectivity index (χ1) is 8.66. The Morgan fingerprint density at radius 3 is 2.39 bits per heavy atom. The van der Waals surface area contributed by atoms with E-state index in [1.54, 1.807) is 17.4 Å². The first-order valence-corrected chi connectivity index (χ1v) is 6.78. The Balaban J connectivity index is 2.41. The largest absolute Gasteiger partial charge is 0.206 e.